The summed E-state index contributed by atoms with van der Waals surface area (Å²) in [6, 6.07) is 2.82. The zero-order valence-electron chi connectivity index (χ0n) is 10.2. The molecular formula is C13H14F2N2OS. The van der Waals surface area contributed by atoms with Gasteiger partial charge in [0.05, 0.1) is 11.0 Å². The van der Waals surface area contributed by atoms with Gasteiger partial charge in [-0.15, -0.1) is 0 Å². The molecular weight excluding hydrogens is 270 g/mol. The van der Waals surface area contributed by atoms with Crippen LogP contribution in [0.2, 0.25) is 0 Å². The molecule has 1 heterocycles. The summed E-state index contributed by atoms with van der Waals surface area (Å²) < 4.78 is 26.0. The molecule has 0 saturated carbocycles. The van der Waals surface area contributed by atoms with E-state index in [4.69, 9.17) is 18.0 Å². The fraction of sp³-hybridized carbons (Fsp3) is 0.385. The van der Waals surface area contributed by atoms with Crippen molar-refractivity contribution in [3.8, 4) is 0 Å². The molecule has 0 aromatic heterocycles. The number of rotatable bonds is 2. The zero-order chi connectivity index (χ0) is 14.0. The Balaban J connectivity index is 2.26. The lowest BCUT2D eigenvalue weighted by Crippen LogP contribution is -2.49. The van der Waals surface area contributed by atoms with E-state index in [1.54, 1.807) is 4.90 Å². The Morgan fingerprint density at radius 3 is 2.68 bits per heavy atom. The third kappa shape index (κ3) is 2.89. The van der Waals surface area contributed by atoms with E-state index in [1.165, 1.54) is 6.07 Å². The molecule has 1 aliphatic heterocycles. The summed E-state index contributed by atoms with van der Waals surface area (Å²) >= 11 is 4.96. The fourth-order valence-corrected chi connectivity index (χ4v) is 2.51. The number of carbonyl (C=O) groups excluding carboxylic acids is 1. The largest absolute Gasteiger partial charge is 0.392 e. The molecule has 0 radical (unpaired) electrons. The minimum atomic E-state index is -1.03. The summed E-state index contributed by atoms with van der Waals surface area (Å²) in [6.07, 6.45) is 2.52. The van der Waals surface area contributed by atoms with Gasteiger partial charge < -0.3 is 10.6 Å². The number of benzene rings is 1. The summed E-state index contributed by atoms with van der Waals surface area (Å²) in [5, 5.41) is 0. The molecule has 1 saturated heterocycles. The summed E-state index contributed by atoms with van der Waals surface area (Å²) in [5.41, 5.74) is 5.74. The fourth-order valence-electron chi connectivity index (χ4n) is 2.27. The van der Waals surface area contributed by atoms with Crippen molar-refractivity contribution in [2.75, 3.05) is 6.54 Å². The molecule has 6 heteroatoms. The molecule has 1 aliphatic rings. The Bertz CT molecular complexity index is 521. The van der Waals surface area contributed by atoms with E-state index < -0.39 is 11.6 Å². The number of amides is 1. The van der Waals surface area contributed by atoms with E-state index in [9.17, 15) is 13.6 Å². The van der Waals surface area contributed by atoms with Crippen molar-refractivity contribution in [2.24, 2.45) is 5.73 Å². The first kappa shape index (κ1) is 13.9. The van der Waals surface area contributed by atoms with Crippen molar-refractivity contribution in [3.63, 3.8) is 0 Å². The monoisotopic (exact) mass is 284 g/mol. The second kappa shape index (κ2) is 5.61. The van der Waals surface area contributed by atoms with Crippen LogP contribution in [0.1, 0.15) is 29.6 Å². The predicted octanol–water partition coefficient (Wildman–Crippen LogP) is 2.25. The molecule has 1 amide bonds. The second-order valence-corrected chi connectivity index (χ2v) is 5.01. The van der Waals surface area contributed by atoms with Crippen LogP contribution in [0.15, 0.2) is 18.2 Å². The first-order chi connectivity index (χ1) is 9.00. The quantitative estimate of drug-likeness (QED) is 0.847. The van der Waals surface area contributed by atoms with Crippen molar-refractivity contribution >= 4 is 23.1 Å². The molecule has 1 atom stereocenters. The molecule has 1 aromatic carbocycles. The van der Waals surface area contributed by atoms with E-state index in [0.29, 0.717) is 13.0 Å². The Kier molecular flexibility index (Phi) is 4.09. The molecule has 3 nitrogen and oxygen atoms in total. The van der Waals surface area contributed by atoms with Crippen LogP contribution < -0.4 is 5.73 Å². The first-order valence-corrected chi connectivity index (χ1v) is 6.47. The summed E-state index contributed by atoms with van der Waals surface area (Å²) in [5.74, 6) is -2.37. The van der Waals surface area contributed by atoms with Crippen LogP contribution in [0.25, 0.3) is 0 Å². The smallest absolute Gasteiger partial charge is 0.254 e. The van der Waals surface area contributed by atoms with Gasteiger partial charge in [0.2, 0.25) is 0 Å². The van der Waals surface area contributed by atoms with Crippen molar-refractivity contribution in [1.29, 1.82) is 0 Å². The highest BCUT2D eigenvalue weighted by molar-refractivity contribution is 7.80. The van der Waals surface area contributed by atoms with Crippen LogP contribution in [-0.2, 0) is 0 Å². The van der Waals surface area contributed by atoms with Crippen molar-refractivity contribution in [1.82, 2.24) is 4.90 Å². The highest BCUT2D eigenvalue weighted by Gasteiger charge is 2.29. The molecule has 19 heavy (non-hydrogen) atoms. The van der Waals surface area contributed by atoms with Gasteiger partial charge in [-0.2, -0.15) is 0 Å². The number of likely N-dealkylation sites (tertiary alicyclic amines) is 1. The predicted molar refractivity (Wildman–Crippen MR) is 71.8 cm³/mol. The molecule has 1 aromatic rings. The minimum Gasteiger partial charge on any atom is -0.392 e. The lowest BCUT2D eigenvalue weighted by atomic mass is 10.0. The van der Waals surface area contributed by atoms with Gasteiger partial charge in [0.25, 0.3) is 5.91 Å². The van der Waals surface area contributed by atoms with Crippen LogP contribution in [-0.4, -0.2) is 28.4 Å². The Hall–Kier alpha value is -1.56. The maximum absolute atomic E-state index is 13.2. The van der Waals surface area contributed by atoms with E-state index in [1.807, 2.05) is 0 Å². The number of hydrogen-bond donors (Lipinski definition) is 1. The average molecular weight is 284 g/mol. The van der Waals surface area contributed by atoms with Gasteiger partial charge in [-0.3, -0.25) is 4.79 Å². The van der Waals surface area contributed by atoms with Gasteiger partial charge in [0.15, 0.2) is 11.6 Å². The number of hydrogen-bond acceptors (Lipinski definition) is 2. The molecule has 1 fully saturated rings. The van der Waals surface area contributed by atoms with E-state index in [0.717, 1.165) is 25.0 Å². The van der Waals surface area contributed by atoms with Gasteiger partial charge in [-0.25, -0.2) is 8.78 Å². The van der Waals surface area contributed by atoms with E-state index >= 15 is 0 Å². The third-order valence-electron chi connectivity index (χ3n) is 3.26. The van der Waals surface area contributed by atoms with E-state index in [-0.39, 0.29) is 22.5 Å². The van der Waals surface area contributed by atoms with Crippen molar-refractivity contribution in [2.45, 2.75) is 25.3 Å². The van der Waals surface area contributed by atoms with Crippen LogP contribution in [0.4, 0.5) is 8.78 Å². The Morgan fingerprint density at radius 2 is 2.05 bits per heavy atom. The topological polar surface area (TPSA) is 46.3 Å². The van der Waals surface area contributed by atoms with Crippen LogP contribution >= 0.6 is 12.2 Å². The molecule has 2 rings (SSSR count). The normalized spacial score (nSPS) is 19.3. The Labute approximate surface area is 115 Å². The maximum Gasteiger partial charge on any atom is 0.254 e. The molecule has 0 bridgehead atoms. The molecule has 2 N–H and O–H groups in total. The first-order valence-electron chi connectivity index (χ1n) is 6.06. The van der Waals surface area contributed by atoms with E-state index in [2.05, 4.69) is 0 Å². The van der Waals surface area contributed by atoms with Gasteiger partial charge in [0.1, 0.15) is 0 Å². The Morgan fingerprint density at radius 1 is 1.32 bits per heavy atom. The minimum absolute atomic E-state index is 0.113. The van der Waals surface area contributed by atoms with Crippen molar-refractivity contribution in [3.05, 3.63) is 35.4 Å². The maximum atomic E-state index is 13.2. The van der Waals surface area contributed by atoms with Gasteiger partial charge in [-0.1, -0.05) is 12.2 Å². The molecule has 0 aliphatic carbocycles. The summed E-state index contributed by atoms with van der Waals surface area (Å²) in [7, 11) is 0. The number of nitrogens with zero attached hydrogens (tertiary/aromatic N) is 1. The number of nitrogens with two attached hydrogens (primary N) is 1. The lowest BCUT2D eigenvalue weighted by Gasteiger charge is -2.35. The zero-order valence-corrected chi connectivity index (χ0v) is 11.1. The SMILES string of the molecule is NC(=S)C1CCCCN1C(=O)c1ccc(F)c(F)c1. The average Bonchev–Trinajstić information content (AvgIpc) is 2.41. The molecule has 102 valence electrons. The highest BCUT2D eigenvalue weighted by atomic mass is 32.1. The second-order valence-electron chi connectivity index (χ2n) is 4.54. The molecule has 1 unspecified atom stereocenters. The van der Waals surface area contributed by atoms with Crippen LogP contribution in [0.3, 0.4) is 0 Å². The number of thiocarbonyl (C=S) groups is 1. The highest BCUT2D eigenvalue weighted by Crippen LogP contribution is 2.20. The number of halogens is 2. The van der Waals surface area contributed by atoms with Gasteiger partial charge in [-0.05, 0) is 37.5 Å². The van der Waals surface area contributed by atoms with Crippen LogP contribution in [0, 0.1) is 11.6 Å². The van der Waals surface area contributed by atoms with Crippen LogP contribution in [0.5, 0.6) is 0 Å². The lowest BCUT2D eigenvalue weighted by molar-refractivity contribution is 0.0681. The standard InChI is InChI=1S/C13H14F2N2OS/c14-9-5-4-8(7-10(9)15)13(18)17-6-2-1-3-11(17)12(16)19/h4-5,7,11H,1-3,6H2,(H2,16,19). The van der Waals surface area contributed by atoms with Gasteiger partial charge in [0, 0.05) is 12.1 Å². The third-order valence-corrected chi connectivity index (χ3v) is 3.53. The van der Waals surface area contributed by atoms with Crippen molar-refractivity contribution < 1.29 is 13.6 Å². The number of carbonyl (C=O) groups is 1. The number of piperidine rings is 1. The summed E-state index contributed by atoms with van der Waals surface area (Å²) in [4.78, 5) is 14.1. The summed E-state index contributed by atoms with van der Waals surface area (Å²) in [6.45, 7) is 0.528. The molecule has 0 spiro atoms. The van der Waals surface area contributed by atoms with Gasteiger partial charge >= 0.3 is 0 Å².